The maximum atomic E-state index is 4.46. The fraction of sp³-hybridized carbons (Fsp3) is 0.158. The van der Waals surface area contributed by atoms with Gasteiger partial charge in [-0.05, 0) is 25.0 Å². The van der Waals surface area contributed by atoms with Gasteiger partial charge >= 0.3 is 0 Å². The van der Waals surface area contributed by atoms with Gasteiger partial charge in [-0.15, -0.1) is 0 Å². The van der Waals surface area contributed by atoms with E-state index in [1.54, 1.807) is 12.7 Å². The maximum absolute atomic E-state index is 4.46. The van der Waals surface area contributed by atoms with Crippen molar-refractivity contribution in [2.24, 2.45) is 0 Å². The largest absolute Gasteiger partial charge is 0.323 e. The number of para-hydroxylation sites is 2. The van der Waals surface area contributed by atoms with E-state index in [0.717, 1.165) is 21.8 Å². The second-order valence-electron chi connectivity index (χ2n) is 5.84. The highest BCUT2D eigenvalue weighted by molar-refractivity contribution is 6.87. The third-order valence-corrected chi connectivity index (χ3v) is 4.06. The van der Waals surface area contributed by atoms with E-state index in [0.29, 0.717) is 0 Å². The molecule has 0 unspecified atom stereocenters. The standard InChI is InChI=1S/C17H13BN4.C2H7N/c1-18(14-6-2-4-12-8-19-10-21-16(12)14)15-7-3-5-13-9-20-11-22-17(13)15;1-3-2/h2-11H,1H3;3H,1-2H3. The van der Waals surface area contributed by atoms with Gasteiger partial charge in [0.15, 0.2) is 0 Å². The Kier molecular flexibility index (Phi) is 5.31. The van der Waals surface area contributed by atoms with Gasteiger partial charge in [-0.3, -0.25) is 0 Å². The average molecular weight is 329 g/mol. The first kappa shape index (κ1) is 17.0. The lowest BCUT2D eigenvalue weighted by Gasteiger charge is -2.13. The van der Waals surface area contributed by atoms with Crippen LogP contribution in [0.15, 0.2) is 61.4 Å². The summed E-state index contributed by atoms with van der Waals surface area (Å²) in [6.45, 7) is 2.38. The molecule has 0 amide bonds. The summed E-state index contributed by atoms with van der Waals surface area (Å²) in [7, 11) is 3.75. The molecule has 0 saturated heterocycles. The van der Waals surface area contributed by atoms with Crippen molar-refractivity contribution >= 4 is 39.4 Å². The highest BCUT2D eigenvalue weighted by Gasteiger charge is 2.19. The summed E-state index contributed by atoms with van der Waals surface area (Å²) >= 11 is 0. The molecule has 0 aliphatic carbocycles. The van der Waals surface area contributed by atoms with Gasteiger partial charge in [0.1, 0.15) is 12.7 Å². The van der Waals surface area contributed by atoms with Crippen molar-refractivity contribution in [2.75, 3.05) is 14.1 Å². The molecule has 0 radical (unpaired) electrons. The molecule has 0 spiro atoms. The molecular formula is C19H20BN5. The van der Waals surface area contributed by atoms with Crippen molar-refractivity contribution in [3.05, 3.63) is 61.4 Å². The zero-order valence-corrected chi connectivity index (χ0v) is 14.6. The van der Waals surface area contributed by atoms with Crippen LogP contribution in [0.4, 0.5) is 0 Å². The molecule has 25 heavy (non-hydrogen) atoms. The van der Waals surface area contributed by atoms with Gasteiger partial charge < -0.3 is 5.32 Å². The lowest BCUT2D eigenvalue weighted by atomic mass is 9.42. The first-order chi connectivity index (χ1) is 12.3. The number of hydrogen-bond acceptors (Lipinski definition) is 5. The van der Waals surface area contributed by atoms with E-state index in [1.165, 1.54) is 10.9 Å². The second-order valence-corrected chi connectivity index (χ2v) is 5.84. The highest BCUT2D eigenvalue weighted by atomic mass is 14.8. The van der Waals surface area contributed by atoms with Crippen molar-refractivity contribution < 1.29 is 0 Å². The summed E-state index contributed by atoms with van der Waals surface area (Å²) in [6.07, 6.45) is 6.90. The zero-order chi connectivity index (χ0) is 17.6. The van der Waals surface area contributed by atoms with E-state index in [2.05, 4.69) is 56.3 Å². The van der Waals surface area contributed by atoms with Gasteiger partial charge in [0, 0.05) is 23.2 Å². The lowest BCUT2D eigenvalue weighted by Crippen LogP contribution is -2.40. The molecule has 2 aromatic heterocycles. The van der Waals surface area contributed by atoms with Gasteiger partial charge in [0.25, 0.3) is 0 Å². The molecule has 0 aliphatic heterocycles. The van der Waals surface area contributed by atoms with Gasteiger partial charge in [0.2, 0.25) is 6.71 Å². The van der Waals surface area contributed by atoms with Crippen LogP contribution in [0.2, 0.25) is 6.82 Å². The predicted molar refractivity (Wildman–Crippen MR) is 105 cm³/mol. The van der Waals surface area contributed by atoms with Crippen LogP contribution in [-0.4, -0.2) is 40.7 Å². The molecule has 1 N–H and O–H groups in total. The number of nitrogens with zero attached hydrogens (tertiary/aromatic N) is 4. The lowest BCUT2D eigenvalue weighted by molar-refractivity contribution is 1.02. The zero-order valence-electron chi connectivity index (χ0n) is 14.6. The summed E-state index contributed by atoms with van der Waals surface area (Å²) < 4.78 is 0. The highest BCUT2D eigenvalue weighted by Crippen LogP contribution is 2.11. The van der Waals surface area contributed by atoms with E-state index >= 15 is 0 Å². The van der Waals surface area contributed by atoms with Gasteiger partial charge in [-0.25, -0.2) is 19.9 Å². The van der Waals surface area contributed by atoms with E-state index in [9.17, 15) is 0 Å². The minimum absolute atomic E-state index is 0.192. The Hall–Kier alpha value is -2.86. The van der Waals surface area contributed by atoms with Crippen molar-refractivity contribution in [3.8, 4) is 0 Å². The van der Waals surface area contributed by atoms with E-state index in [4.69, 9.17) is 0 Å². The second kappa shape index (κ2) is 7.81. The molecule has 4 rings (SSSR count). The molecule has 0 aliphatic rings. The molecule has 0 bridgehead atoms. The first-order valence-corrected chi connectivity index (χ1v) is 8.22. The third-order valence-electron chi connectivity index (χ3n) is 4.06. The molecule has 0 saturated carbocycles. The average Bonchev–Trinajstić information content (AvgIpc) is 2.67. The summed E-state index contributed by atoms with van der Waals surface area (Å²) in [5, 5.41) is 4.86. The summed E-state index contributed by atoms with van der Waals surface area (Å²) in [6, 6.07) is 12.4. The Balaban J connectivity index is 0.000000569. The maximum Gasteiger partial charge on any atom is 0.211 e. The minimum atomic E-state index is 0.192. The minimum Gasteiger partial charge on any atom is -0.323 e. The fourth-order valence-electron chi connectivity index (χ4n) is 2.94. The smallest absolute Gasteiger partial charge is 0.211 e. The van der Waals surface area contributed by atoms with Crippen molar-refractivity contribution in [1.29, 1.82) is 0 Å². The Morgan fingerprint density at radius 2 is 1.20 bits per heavy atom. The van der Waals surface area contributed by atoms with Crippen LogP contribution in [0.25, 0.3) is 21.8 Å². The number of aromatic nitrogens is 4. The van der Waals surface area contributed by atoms with Crippen LogP contribution in [0.5, 0.6) is 0 Å². The fourth-order valence-corrected chi connectivity index (χ4v) is 2.94. The molecule has 5 nitrogen and oxygen atoms in total. The van der Waals surface area contributed by atoms with Crippen LogP contribution in [0, 0.1) is 0 Å². The molecule has 2 heterocycles. The normalized spacial score (nSPS) is 10.4. The van der Waals surface area contributed by atoms with Gasteiger partial charge in [0.05, 0.1) is 11.0 Å². The van der Waals surface area contributed by atoms with Gasteiger partial charge in [-0.1, -0.05) is 43.2 Å². The molecule has 0 fully saturated rings. The topological polar surface area (TPSA) is 63.6 Å². The number of fused-ring (bicyclic) bond motifs is 2. The van der Waals surface area contributed by atoms with Crippen LogP contribution in [0.1, 0.15) is 0 Å². The molecular weight excluding hydrogens is 309 g/mol. The summed E-state index contributed by atoms with van der Waals surface area (Å²) in [5.74, 6) is 0. The number of benzene rings is 2. The van der Waals surface area contributed by atoms with Crippen LogP contribution in [-0.2, 0) is 0 Å². The Bertz CT molecular complexity index is 899. The molecule has 2 aromatic carbocycles. The molecule has 0 atom stereocenters. The monoisotopic (exact) mass is 329 g/mol. The Morgan fingerprint density at radius 3 is 1.64 bits per heavy atom. The number of hydrogen-bond donors (Lipinski definition) is 1. The van der Waals surface area contributed by atoms with E-state index < -0.39 is 0 Å². The Labute approximate surface area is 147 Å². The van der Waals surface area contributed by atoms with Crippen molar-refractivity contribution in [3.63, 3.8) is 0 Å². The predicted octanol–water partition coefficient (Wildman–Crippen LogP) is 1.65. The molecule has 124 valence electrons. The van der Waals surface area contributed by atoms with Crippen molar-refractivity contribution in [1.82, 2.24) is 25.3 Å². The first-order valence-electron chi connectivity index (χ1n) is 8.22. The summed E-state index contributed by atoms with van der Waals surface area (Å²) in [4.78, 5) is 17.1. The van der Waals surface area contributed by atoms with Gasteiger partial charge in [-0.2, -0.15) is 0 Å². The van der Waals surface area contributed by atoms with E-state index in [-0.39, 0.29) is 6.71 Å². The van der Waals surface area contributed by atoms with Crippen LogP contribution in [0.3, 0.4) is 0 Å². The van der Waals surface area contributed by atoms with Crippen LogP contribution < -0.4 is 16.2 Å². The summed E-state index contributed by atoms with van der Waals surface area (Å²) in [5.41, 5.74) is 4.36. The number of rotatable bonds is 2. The molecule has 4 aromatic rings. The number of nitrogens with one attached hydrogen (secondary N) is 1. The SMILES string of the molecule is CB(c1cccc2cncnc12)c1cccc2cncnc12.CNC. The van der Waals surface area contributed by atoms with Crippen molar-refractivity contribution in [2.45, 2.75) is 6.82 Å². The third kappa shape index (κ3) is 3.49. The molecule has 6 heteroatoms. The van der Waals surface area contributed by atoms with Crippen LogP contribution >= 0.6 is 0 Å². The Morgan fingerprint density at radius 1 is 0.760 bits per heavy atom. The van der Waals surface area contributed by atoms with E-state index in [1.807, 2.05) is 38.6 Å². The quantitative estimate of drug-likeness (QED) is 0.567.